The van der Waals surface area contributed by atoms with Gasteiger partial charge in [0.15, 0.2) is 0 Å². The number of hydrogen-bond acceptors (Lipinski definition) is 4. The molecule has 0 aliphatic rings. The number of carbonyl (C=O) groups is 1. The van der Waals surface area contributed by atoms with Crippen LogP contribution in [0.15, 0.2) is 42.5 Å². The second-order valence-electron chi connectivity index (χ2n) is 5.39. The first-order chi connectivity index (χ1) is 11.6. The van der Waals surface area contributed by atoms with E-state index in [4.69, 9.17) is 9.47 Å². The molecule has 0 unspecified atom stereocenters. The molecule has 128 valence electrons. The summed E-state index contributed by atoms with van der Waals surface area (Å²) in [5.74, 6) is 0.453. The van der Waals surface area contributed by atoms with E-state index < -0.39 is 12.0 Å². The maximum Gasteiger partial charge on any atom is 0.321 e. The van der Waals surface area contributed by atoms with Gasteiger partial charge in [-0.1, -0.05) is 37.3 Å². The molecule has 0 aliphatic carbocycles. The number of likely N-dealkylation sites (N-methyl/N-ethyl adjacent to an activating group) is 1. The number of carboxylic acids is 1. The number of hydrogen-bond donors (Lipinski definition) is 2. The Morgan fingerprint density at radius 1 is 1.12 bits per heavy atom. The monoisotopic (exact) mass is 329 g/mol. The molecular formula is C19H23NO4. The van der Waals surface area contributed by atoms with Crippen LogP contribution in [0, 0.1) is 0 Å². The molecule has 5 heteroatoms. The Morgan fingerprint density at radius 3 is 2.17 bits per heavy atom. The first kappa shape index (κ1) is 17.8. The second-order valence-corrected chi connectivity index (χ2v) is 5.39. The van der Waals surface area contributed by atoms with E-state index in [0.29, 0.717) is 24.5 Å². The predicted octanol–water partition coefficient (Wildman–Crippen LogP) is 2.98. The predicted molar refractivity (Wildman–Crippen MR) is 93.8 cm³/mol. The Balaban J connectivity index is 2.45. The van der Waals surface area contributed by atoms with E-state index >= 15 is 0 Å². The van der Waals surface area contributed by atoms with Gasteiger partial charge < -0.3 is 19.9 Å². The van der Waals surface area contributed by atoms with Crippen molar-refractivity contribution in [3.8, 4) is 22.6 Å². The van der Waals surface area contributed by atoms with E-state index in [2.05, 4.69) is 5.32 Å². The number of rotatable bonds is 8. The number of ether oxygens (including phenoxy) is 2. The number of carboxylic acid groups (broad SMARTS) is 1. The van der Waals surface area contributed by atoms with Crippen LogP contribution in [0.1, 0.15) is 12.5 Å². The average Bonchev–Trinajstić information content (AvgIpc) is 2.61. The maximum atomic E-state index is 11.4. The summed E-state index contributed by atoms with van der Waals surface area (Å²) < 4.78 is 11.1. The van der Waals surface area contributed by atoms with Crippen molar-refractivity contribution in [3.63, 3.8) is 0 Å². The van der Waals surface area contributed by atoms with E-state index in [-0.39, 0.29) is 0 Å². The molecule has 0 aliphatic heterocycles. The molecule has 2 N–H and O–H groups in total. The van der Waals surface area contributed by atoms with Crippen LogP contribution in [0.3, 0.4) is 0 Å². The summed E-state index contributed by atoms with van der Waals surface area (Å²) in [6.45, 7) is 2.48. The molecule has 0 fully saturated rings. The van der Waals surface area contributed by atoms with Crippen LogP contribution in [-0.2, 0) is 11.2 Å². The number of nitrogens with one attached hydrogen (secondary N) is 1. The lowest BCUT2D eigenvalue weighted by Crippen LogP contribution is -2.38. The summed E-state index contributed by atoms with van der Waals surface area (Å²) in [4.78, 5) is 11.4. The third kappa shape index (κ3) is 4.06. The van der Waals surface area contributed by atoms with Gasteiger partial charge >= 0.3 is 5.97 Å². The molecule has 0 saturated carbocycles. The van der Waals surface area contributed by atoms with Gasteiger partial charge in [0, 0.05) is 0 Å². The van der Waals surface area contributed by atoms with E-state index in [0.717, 1.165) is 16.7 Å². The lowest BCUT2D eigenvalue weighted by Gasteiger charge is -2.18. The van der Waals surface area contributed by atoms with Gasteiger partial charge in [-0.25, -0.2) is 0 Å². The number of benzene rings is 2. The molecule has 1 atom stereocenters. The highest BCUT2D eigenvalue weighted by Crippen LogP contribution is 2.39. The fourth-order valence-electron chi connectivity index (χ4n) is 2.70. The van der Waals surface area contributed by atoms with E-state index in [1.807, 2.05) is 49.4 Å². The number of aliphatic carboxylic acids is 1. The van der Waals surface area contributed by atoms with Crippen LogP contribution in [0.4, 0.5) is 0 Å². The molecule has 2 aromatic rings. The summed E-state index contributed by atoms with van der Waals surface area (Å²) in [5, 5.41) is 12.3. The highest BCUT2D eigenvalue weighted by Gasteiger charge is 2.20. The van der Waals surface area contributed by atoms with Gasteiger partial charge in [-0.05, 0) is 36.2 Å². The molecule has 0 heterocycles. The molecule has 0 aromatic heterocycles. The molecule has 0 saturated heterocycles. The minimum atomic E-state index is -0.873. The van der Waals surface area contributed by atoms with Crippen LogP contribution in [-0.4, -0.2) is 37.9 Å². The Kier molecular flexibility index (Phi) is 6.21. The van der Waals surface area contributed by atoms with Crippen molar-refractivity contribution in [2.45, 2.75) is 19.4 Å². The molecule has 5 nitrogen and oxygen atoms in total. The Morgan fingerprint density at radius 2 is 1.71 bits per heavy atom. The highest BCUT2D eigenvalue weighted by molar-refractivity contribution is 5.78. The maximum absolute atomic E-state index is 11.4. The van der Waals surface area contributed by atoms with Gasteiger partial charge in [0.25, 0.3) is 0 Å². The standard InChI is InChI=1S/C19H23NO4/c1-4-20-15(19(21)22)10-13-11-16(23-2)18(17(12-13)24-3)14-8-6-5-7-9-14/h5-9,11-12,15,20H,4,10H2,1-3H3,(H,21,22)/t15-/m0/s1. The molecule has 0 spiro atoms. The van der Waals surface area contributed by atoms with Crippen molar-refractivity contribution >= 4 is 5.97 Å². The van der Waals surface area contributed by atoms with Gasteiger partial charge in [0.05, 0.1) is 19.8 Å². The zero-order valence-electron chi connectivity index (χ0n) is 14.2. The normalized spacial score (nSPS) is 11.8. The SMILES string of the molecule is CCN[C@@H](Cc1cc(OC)c(-c2ccccc2)c(OC)c1)C(=O)O. The van der Waals surface area contributed by atoms with Crippen molar-refractivity contribution in [3.05, 3.63) is 48.0 Å². The first-order valence-corrected chi connectivity index (χ1v) is 7.87. The topological polar surface area (TPSA) is 67.8 Å². The van der Waals surface area contributed by atoms with Crippen LogP contribution in [0.25, 0.3) is 11.1 Å². The molecule has 2 aromatic carbocycles. The van der Waals surface area contributed by atoms with Gasteiger partial charge in [-0.2, -0.15) is 0 Å². The summed E-state index contributed by atoms with van der Waals surface area (Å²) in [6, 6.07) is 12.9. The van der Waals surface area contributed by atoms with Gasteiger partial charge in [0.1, 0.15) is 17.5 Å². The zero-order chi connectivity index (χ0) is 17.5. The lowest BCUT2D eigenvalue weighted by atomic mass is 9.98. The second kappa shape index (κ2) is 8.36. The molecule has 24 heavy (non-hydrogen) atoms. The van der Waals surface area contributed by atoms with Crippen LogP contribution in [0.5, 0.6) is 11.5 Å². The number of methoxy groups -OCH3 is 2. The van der Waals surface area contributed by atoms with Crippen LogP contribution >= 0.6 is 0 Å². The summed E-state index contributed by atoms with van der Waals surface area (Å²) >= 11 is 0. The van der Waals surface area contributed by atoms with Crippen molar-refractivity contribution in [2.75, 3.05) is 20.8 Å². The van der Waals surface area contributed by atoms with Crippen molar-refractivity contribution in [1.29, 1.82) is 0 Å². The van der Waals surface area contributed by atoms with E-state index in [9.17, 15) is 9.90 Å². The zero-order valence-corrected chi connectivity index (χ0v) is 14.2. The minimum absolute atomic E-state index is 0.352. The van der Waals surface area contributed by atoms with E-state index in [1.54, 1.807) is 14.2 Å². The third-order valence-corrected chi connectivity index (χ3v) is 3.82. The Labute approximate surface area is 142 Å². The molecule has 0 amide bonds. The third-order valence-electron chi connectivity index (χ3n) is 3.82. The summed E-state index contributed by atoms with van der Waals surface area (Å²) in [5.41, 5.74) is 2.69. The molecule has 2 rings (SSSR count). The highest BCUT2D eigenvalue weighted by atomic mass is 16.5. The van der Waals surface area contributed by atoms with Gasteiger partial charge in [-0.15, -0.1) is 0 Å². The van der Waals surface area contributed by atoms with Crippen molar-refractivity contribution in [2.24, 2.45) is 0 Å². The largest absolute Gasteiger partial charge is 0.496 e. The Bertz CT molecular complexity index is 660. The minimum Gasteiger partial charge on any atom is -0.496 e. The van der Waals surface area contributed by atoms with Gasteiger partial charge in [0.2, 0.25) is 0 Å². The van der Waals surface area contributed by atoms with Crippen molar-refractivity contribution < 1.29 is 19.4 Å². The fourth-order valence-corrected chi connectivity index (χ4v) is 2.70. The fraction of sp³-hybridized carbons (Fsp3) is 0.316. The molecule has 0 radical (unpaired) electrons. The first-order valence-electron chi connectivity index (χ1n) is 7.87. The molecule has 0 bridgehead atoms. The quantitative estimate of drug-likeness (QED) is 0.779. The summed E-state index contributed by atoms with van der Waals surface area (Å²) in [6.07, 6.45) is 0.352. The van der Waals surface area contributed by atoms with Crippen LogP contribution in [0.2, 0.25) is 0 Å². The lowest BCUT2D eigenvalue weighted by molar-refractivity contribution is -0.139. The van der Waals surface area contributed by atoms with Crippen molar-refractivity contribution in [1.82, 2.24) is 5.32 Å². The van der Waals surface area contributed by atoms with Crippen LogP contribution < -0.4 is 14.8 Å². The Hall–Kier alpha value is -2.53. The smallest absolute Gasteiger partial charge is 0.321 e. The summed E-state index contributed by atoms with van der Waals surface area (Å²) in [7, 11) is 3.20. The average molecular weight is 329 g/mol. The molecular weight excluding hydrogens is 306 g/mol. The van der Waals surface area contributed by atoms with Gasteiger partial charge in [-0.3, -0.25) is 4.79 Å². The van der Waals surface area contributed by atoms with E-state index in [1.165, 1.54) is 0 Å².